The molecule has 0 saturated carbocycles. The second kappa shape index (κ2) is 5.52. The van der Waals surface area contributed by atoms with Crippen molar-refractivity contribution in [3.63, 3.8) is 0 Å². The number of carbonyl (C=O) groups excluding carboxylic acids is 2. The number of esters is 1. The minimum absolute atomic E-state index is 0.159. The Morgan fingerprint density at radius 2 is 2.05 bits per heavy atom. The smallest absolute Gasteiger partial charge is 0.325 e. The Bertz CT molecular complexity index is 551. The van der Waals surface area contributed by atoms with Crippen molar-refractivity contribution in [2.45, 2.75) is 31.1 Å². The molecule has 0 aromatic heterocycles. The van der Waals surface area contributed by atoms with Gasteiger partial charge in [-0.05, 0) is 12.0 Å². The molecule has 2 radical (unpaired) electrons. The zero-order valence-electron chi connectivity index (χ0n) is 11.9. The first-order valence-electron chi connectivity index (χ1n) is 7.05. The van der Waals surface area contributed by atoms with E-state index in [9.17, 15) is 9.59 Å². The largest absolute Gasteiger partial charge is 0.468 e. The quantitative estimate of drug-likeness (QED) is 0.608. The summed E-state index contributed by atoms with van der Waals surface area (Å²) in [6.45, 7) is 1.26. The molecule has 1 aromatic carbocycles. The molecular weight excluding hydrogens is 267 g/mol. The third kappa shape index (κ3) is 2.44. The van der Waals surface area contributed by atoms with Crippen molar-refractivity contribution in [1.29, 1.82) is 0 Å². The van der Waals surface area contributed by atoms with Crippen LogP contribution >= 0.6 is 0 Å². The number of rotatable bonds is 3. The van der Waals surface area contributed by atoms with E-state index < -0.39 is 11.8 Å². The summed E-state index contributed by atoms with van der Waals surface area (Å²) in [4.78, 5) is 27.3. The molecule has 2 unspecified atom stereocenters. The molecule has 1 amide bonds. The summed E-state index contributed by atoms with van der Waals surface area (Å²) in [5, 5.41) is 0. The molecule has 2 bridgehead atoms. The van der Waals surface area contributed by atoms with Gasteiger partial charge in [-0.3, -0.25) is 14.5 Å². The van der Waals surface area contributed by atoms with Crippen LogP contribution in [0.1, 0.15) is 12.0 Å². The summed E-state index contributed by atoms with van der Waals surface area (Å²) >= 11 is 0. The summed E-state index contributed by atoms with van der Waals surface area (Å²) in [5.41, 5.74) is 1.14. The highest BCUT2D eigenvalue weighted by molar-refractivity contribution is 6.57. The van der Waals surface area contributed by atoms with Gasteiger partial charge in [-0.15, -0.1) is 0 Å². The van der Waals surface area contributed by atoms with Gasteiger partial charge >= 0.3 is 5.97 Å². The number of hydrogen-bond donors (Lipinski definition) is 0. The molecule has 3 atom stereocenters. The molecule has 108 valence electrons. The van der Waals surface area contributed by atoms with Gasteiger partial charge in [0.05, 0.1) is 13.2 Å². The van der Waals surface area contributed by atoms with E-state index in [0.717, 1.165) is 12.0 Å². The first-order chi connectivity index (χ1) is 10.1. The van der Waals surface area contributed by atoms with Crippen molar-refractivity contribution in [2.24, 2.45) is 0 Å². The van der Waals surface area contributed by atoms with E-state index in [1.165, 1.54) is 7.11 Å². The van der Waals surface area contributed by atoms with Gasteiger partial charge in [0, 0.05) is 19.1 Å². The molecule has 2 fully saturated rings. The fraction of sp³-hybridized carbons (Fsp3) is 0.467. The van der Waals surface area contributed by atoms with E-state index in [0.29, 0.717) is 13.1 Å². The van der Waals surface area contributed by atoms with Gasteiger partial charge in [-0.25, -0.2) is 0 Å². The van der Waals surface area contributed by atoms with Crippen LogP contribution in [0.15, 0.2) is 30.3 Å². The topological polar surface area (TPSA) is 49.9 Å². The number of carbonyl (C=O) groups is 2. The predicted octanol–water partition coefficient (Wildman–Crippen LogP) is 0.775. The Kier molecular flexibility index (Phi) is 3.72. The van der Waals surface area contributed by atoms with Crippen molar-refractivity contribution in [2.75, 3.05) is 13.7 Å². The average Bonchev–Trinajstić information content (AvgIpc) is 3.06. The van der Waals surface area contributed by atoms with Crippen molar-refractivity contribution >= 4 is 19.6 Å². The lowest BCUT2D eigenvalue weighted by atomic mass is 10.0. The normalized spacial score (nSPS) is 27.9. The number of likely N-dealkylation sites (tertiary alicyclic amines) is 2. The van der Waals surface area contributed by atoms with Gasteiger partial charge in [-0.2, -0.15) is 0 Å². The van der Waals surface area contributed by atoms with E-state index in [2.05, 4.69) is 4.90 Å². The second-order valence-electron chi connectivity index (χ2n) is 5.57. The first-order valence-corrected chi connectivity index (χ1v) is 7.05. The SMILES string of the molecule is [B]C(=O)N1CC2CC1[C@H](C(=O)OC)N2Cc1ccccc1. The Labute approximate surface area is 125 Å². The molecule has 2 aliphatic rings. The third-order valence-electron chi connectivity index (χ3n) is 4.45. The van der Waals surface area contributed by atoms with E-state index in [1.54, 1.807) is 4.90 Å². The molecule has 2 saturated heterocycles. The lowest BCUT2D eigenvalue weighted by Crippen LogP contribution is -2.57. The van der Waals surface area contributed by atoms with Crippen LogP contribution in [0.2, 0.25) is 0 Å². The minimum atomic E-state index is -0.462. The maximum Gasteiger partial charge on any atom is 0.325 e. The van der Waals surface area contributed by atoms with Gasteiger partial charge in [-0.1, -0.05) is 30.3 Å². The van der Waals surface area contributed by atoms with Crippen LogP contribution in [-0.4, -0.2) is 61.2 Å². The highest BCUT2D eigenvalue weighted by Gasteiger charge is 2.54. The summed E-state index contributed by atoms with van der Waals surface area (Å²) in [7, 11) is 6.78. The van der Waals surface area contributed by atoms with Gasteiger partial charge in [0.25, 0.3) is 0 Å². The molecule has 0 spiro atoms. The zero-order chi connectivity index (χ0) is 15.0. The Hall–Kier alpha value is -1.82. The molecule has 3 rings (SSSR count). The number of nitrogens with zero attached hydrogens (tertiary/aromatic N) is 2. The summed E-state index contributed by atoms with van der Waals surface area (Å²) in [6, 6.07) is 9.54. The number of ether oxygens (including phenoxy) is 1. The van der Waals surface area contributed by atoms with Crippen molar-refractivity contribution in [1.82, 2.24) is 9.80 Å². The molecule has 0 N–H and O–H groups in total. The van der Waals surface area contributed by atoms with Crippen LogP contribution in [0.4, 0.5) is 4.79 Å². The molecule has 0 aliphatic carbocycles. The highest BCUT2D eigenvalue weighted by Crippen LogP contribution is 2.37. The summed E-state index contributed by atoms with van der Waals surface area (Å²) in [5.74, 6) is -0.764. The van der Waals surface area contributed by atoms with Gasteiger partial charge in [0.1, 0.15) is 6.04 Å². The molecule has 5 nitrogen and oxygen atoms in total. The Morgan fingerprint density at radius 1 is 1.33 bits per heavy atom. The van der Waals surface area contributed by atoms with Gasteiger partial charge < -0.3 is 9.64 Å². The minimum Gasteiger partial charge on any atom is -0.468 e. The van der Waals surface area contributed by atoms with Crippen molar-refractivity contribution < 1.29 is 14.3 Å². The predicted molar refractivity (Wildman–Crippen MR) is 77.8 cm³/mol. The fourth-order valence-electron chi connectivity index (χ4n) is 3.52. The molecular formula is C15H17BN2O3. The van der Waals surface area contributed by atoms with E-state index in [-0.39, 0.29) is 18.1 Å². The Morgan fingerprint density at radius 3 is 2.67 bits per heavy atom. The summed E-state index contributed by atoms with van der Waals surface area (Å²) < 4.78 is 4.92. The van der Waals surface area contributed by atoms with Gasteiger partial charge in [0.15, 0.2) is 5.81 Å². The number of methoxy groups -OCH3 is 1. The molecule has 21 heavy (non-hydrogen) atoms. The monoisotopic (exact) mass is 284 g/mol. The summed E-state index contributed by atoms with van der Waals surface area (Å²) in [6.07, 6.45) is 0.773. The first kappa shape index (κ1) is 14.1. The molecule has 6 heteroatoms. The fourth-order valence-corrected chi connectivity index (χ4v) is 3.52. The highest BCUT2D eigenvalue weighted by atomic mass is 16.5. The number of fused-ring (bicyclic) bond motifs is 2. The maximum absolute atomic E-state index is 12.1. The van der Waals surface area contributed by atoms with E-state index in [1.807, 2.05) is 30.3 Å². The average molecular weight is 284 g/mol. The van der Waals surface area contributed by atoms with Crippen LogP contribution in [-0.2, 0) is 16.1 Å². The standard InChI is InChI=1S/C15H17BN2O3/c1-21-14(19)13-12-7-11(9-18(12)15(16)20)17(13)8-10-5-3-2-4-6-10/h2-6,11-13H,7-9H2,1H3/t11?,12?,13-/m1/s1. The van der Waals surface area contributed by atoms with Crippen LogP contribution in [0.5, 0.6) is 0 Å². The zero-order valence-corrected chi connectivity index (χ0v) is 11.9. The molecule has 2 heterocycles. The number of hydrogen-bond acceptors (Lipinski definition) is 4. The van der Waals surface area contributed by atoms with Crippen molar-refractivity contribution in [3.05, 3.63) is 35.9 Å². The number of amides is 1. The Balaban J connectivity index is 1.83. The third-order valence-corrected chi connectivity index (χ3v) is 4.45. The second-order valence-corrected chi connectivity index (χ2v) is 5.57. The lowest BCUT2D eigenvalue weighted by molar-refractivity contribution is -0.149. The van der Waals surface area contributed by atoms with Crippen molar-refractivity contribution in [3.8, 4) is 0 Å². The van der Waals surface area contributed by atoms with E-state index >= 15 is 0 Å². The van der Waals surface area contributed by atoms with Crippen LogP contribution in [0, 0.1) is 0 Å². The van der Waals surface area contributed by atoms with E-state index in [4.69, 9.17) is 12.6 Å². The van der Waals surface area contributed by atoms with Crippen LogP contribution < -0.4 is 0 Å². The number of piperazine rings is 1. The maximum atomic E-state index is 12.1. The number of benzene rings is 1. The molecule has 1 aromatic rings. The molecule has 2 aliphatic heterocycles. The van der Waals surface area contributed by atoms with Crippen LogP contribution in [0.3, 0.4) is 0 Å². The van der Waals surface area contributed by atoms with Crippen LogP contribution in [0.25, 0.3) is 0 Å². The lowest BCUT2D eigenvalue weighted by Gasteiger charge is -2.39. The van der Waals surface area contributed by atoms with Gasteiger partial charge in [0.2, 0.25) is 7.85 Å².